The standard InChI is InChI=1S/C14H22N4O2S/c15-14-16-9-12(21-14)10-17-3-1-11(2-4-17)13(19)18-5-7-20-8-6-18/h9,11H,1-8,10H2,(H2,15,16). The van der Waals surface area contributed by atoms with Crippen LogP contribution >= 0.6 is 11.3 Å². The van der Waals surface area contributed by atoms with Crippen molar-refractivity contribution in [2.45, 2.75) is 19.4 Å². The van der Waals surface area contributed by atoms with Crippen LogP contribution in [-0.4, -0.2) is 60.1 Å². The SMILES string of the molecule is Nc1ncc(CN2CCC(C(=O)N3CCOCC3)CC2)s1. The van der Waals surface area contributed by atoms with E-state index in [9.17, 15) is 4.79 Å². The van der Waals surface area contributed by atoms with Gasteiger partial charge in [-0.2, -0.15) is 0 Å². The van der Waals surface area contributed by atoms with Crippen molar-refractivity contribution < 1.29 is 9.53 Å². The van der Waals surface area contributed by atoms with Crippen molar-refractivity contribution in [1.82, 2.24) is 14.8 Å². The van der Waals surface area contributed by atoms with E-state index in [2.05, 4.69) is 9.88 Å². The summed E-state index contributed by atoms with van der Waals surface area (Å²) in [6.45, 7) is 5.69. The van der Waals surface area contributed by atoms with Crippen LogP contribution in [0.5, 0.6) is 0 Å². The van der Waals surface area contributed by atoms with Gasteiger partial charge in [0.05, 0.1) is 13.2 Å². The van der Waals surface area contributed by atoms with Crippen molar-refractivity contribution in [3.05, 3.63) is 11.1 Å². The summed E-state index contributed by atoms with van der Waals surface area (Å²) in [7, 11) is 0. The Kier molecular flexibility index (Phi) is 4.72. The third-order valence-corrected chi connectivity index (χ3v) is 5.02. The molecule has 21 heavy (non-hydrogen) atoms. The average Bonchev–Trinajstić information content (AvgIpc) is 2.93. The number of thiazole rings is 1. The molecule has 0 atom stereocenters. The van der Waals surface area contributed by atoms with E-state index in [0.717, 1.165) is 45.6 Å². The highest BCUT2D eigenvalue weighted by atomic mass is 32.1. The quantitative estimate of drug-likeness (QED) is 0.894. The van der Waals surface area contributed by atoms with Gasteiger partial charge in [-0.1, -0.05) is 0 Å². The van der Waals surface area contributed by atoms with Crippen LogP contribution in [0.25, 0.3) is 0 Å². The fourth-order valence-electron chi connectivity index (χ4n) is 3.00. The first-order valence-electron chi connectivity index (χ1n) is 7.51. The summed E-state index contributed by atoms with van der Waals surface area (Å²) in [5, 5.41) is 0.627. The zero-order valence-corrected chi connectivity index (χ0v) is 13.0. The van der Waals surface area contributed by atoms with Crippen LogP contribution in [-0.2, 0) is 16.1 Å². The van der Waals surface area contributed by atoms with E-state index in [1.807, 2.05) is 11.1 Å². The minimum absolute atomic E-state index is 0.186. The van der Waals surface area contributed by atoms with Crippen LogP contribution in [0.2, 0.25) is 0 Å². The Hall–Kier alpha value is -1.18. The number of piperidine rings is 1. The molecule has 0 bridgehead atoms. The molecule has 116 valence electrons. The number of ether oxygens (including phenoxy) is 1. The molecule has 1 aromatic heterocycles. The number of likely N-dealkylation sites (tertiary alicyclic amines) is 1. The third-order valence-electron chi connectivity index (χ3n) is 4.21. The lowest BCUT2D eigenvalue weighted by molar-refractivity contribution is -0.141. The summed E-state index contributed by atoms with van der Waals surface area (Å²) in [5.74, 6) is 0.505. The minimum atomic E-state index is 0.186. The lowest BCUT2D eigenvalue weighted by atomic mass is 9.95. The predicted molar refractivity (Wildman–Crippen MR) is 81.9 cm³/mol. The maximum Gasteiger partial charge on any atom is 0.225 e. The van der Waals surface area contributed by atoms with Gasteiger partial charge in [-0.3, -0.25) is 9.69 Å². The number of carbonyl (C=O) groups is 1. The van der Waals surface area contributed by atoms with Gasteiger partial charge in [0.2, 0.25) is 5.91 Å². The molecule has 1 amide bonds. The smallest absolute Gasteiger partial charge is 0.225 e. The van der Waals surface area contributed by atoms with Gasteiger partial charge < -0.3 is 15.4 Å². The topological polar surface area (TPSA) is 71.7 Å². The minimum Gasteiger partial charge on any atom is -0.378 e. The van der Waals surface area contributed by atoms with Gasteiger partial charge in [0.15, 0.2) is 5.13 Å². The first kappa shape index (κ1) is 14.7. The summed E-state index contributed by atoms with van der Waals surface area (Å²) >= 11 is 1.55. The van der Waals surface area contributed by atoms with Crippen LogP contribution in [0.3, 0.4) is 0 Å². The first-order chi connectivity index (χ1) is 10.2. The number of hydrogen-bond donors (Lipinski definition) is 1. The summed E-state index contributed by atoms with van der Waals surface area (Å²) in [6, 6.07) is 0. The second-order valence-electron chi connectivity index (χ2n) is 5.65. The molecule has 2 saturated heterocycles. The Labute approximate surface area is 128 Å². The highest BCUT2D eigenvalue weighted by Gasteiger charge is 2.29. The molecule has 7 heteroatoms. The number of anilines is 1. The van der Waals surface area contributed by atoms with E-state index in [-0.39, 0.29) is 5.92 Å². The molecule has 0 saturated carbocycles. The van der Waals surface area contributed by atoms with E-state index < -0.39 is 0 Å². The van der Waals surface area contributed by atoms with Crippen molar-refractivity contribution in [3.63, 3.8) is 0 Å². The predicted octanol–water partition coefficient (Wildman–Crippen LogP) is 0.796. The van der Waals surface area contributed by atoms with Crippen molar-refractivity contribution in [2.75, 3.05) is 45.1 Å². The molecule has 2 aliphatic rings. The molecular weight excluding hydrogens is 288 g/mol. The van der Waals surface area contributed by atoms with Crippen LogP contribution in [0.15, 0.2) is 6.20 Å². The molecule has 2 aliphatic heterocycles. The molecule has 6 nitrogen and oxygen atoms in total. The number of aromatic nitrogens is 1. The van der Waals surface area contributed by atoms with E-state index in [4.69, 9.17) is 10.5 Å². The molecule has 3 rings (SSSR count). The summed E-state index contributed by atoms with van der Waals surface area (Å²) in [5.41, 5.74) is 5.66. The molecule has 2 fully saturated rings. The first-order valence-corrected chi connectivity index (χ1v) is 8.33. The van der Waals surface area contributed by atoms with Crippen molar-refractivity contribution in [3.8, 4) is 0 Å². The van der Waals surface area contributed by atoms with Crippen LogP contribution in [0, 0.1) is 5.92 Å². The van der Waals surface area contributed by atoms with E-state index in [0.29, 0.717) is 24.3 Å². The molecule has 3 heterocycles. The average molecular weight is 310 g/mol. The number of amides is 1. The summed E-state index contributed by atoms with van der Waals surface area (Å²) in [4.78, 5) is 22.1. The zero-order valence-electron chi connectivity index (χ0n) is 12.2. The highest BCUT2D eigenvalue weighted by Crippen LogP contribution is 2.23. The monoisotopic (exact) mass is 310 g/mol. The van der Waals surface area contributed by atoms with Gasteiger partial charge in [0.25, 0.3) is 0 Å². The molecule has 1 aromatic rings. The maximum absolute atomic E-state index is 12.4. The van der Waals surface area contributed by atoms with Crippen molar-refractivity contribution >= 4 is 22.4 Å². The molecule has 0 aliphatic carbocycles. The lowest BCUT2D eigenvalue weighted by Gasteiger charge is -2.35. The fourth-order valence-corrected chi connectivity index (χ4v) is 3.72. The van der Waals surface area contributed by atoms with E-state index in [1.165, 1.54) is 4.88 Å². The number of morpholine rings is 1. The Bertz CT molecular complexity index is 479. The van der Waals surface area contributed by atoms with Crippen LogP contribution in [0.4, 0.5) is 5.13 Å². The zero-order chi connectivity index (χ0) is 14.7. The van der Waals surface area contributed by atoms with Crippen LogP contribution in [0.1, 0.15) is 17.7 Å². The van der Waals surface area contributed by atoms with Crippen LogP contribution < -0.4 is 5.73 Å². The Morgan fingerprint density at radius 3 is 2.67 bits per heavy atom. The maximum atomic E-state index is 12.4. The van der Waals surface area contributed by atoms with E-state index >= 15 is 0 Å². The largest absolute Gasteiger partial charge is 0.378 e. The number of hydrogen-bond acceptors (Lipinski definition) is 6. The number of nitrogen functional groups attached to an aromatic ring is 1. The second kappa shape index (κ2) is 6.72. The van der Waals surface area contributed by atoms with Crippen molar-refractivity contribution in [1.29, 1.82) is 0 Å². The van der Waals surface area contributed by atoms with Gasteiger partial charge in [0.1, 0.15) is 0 Å². The Morgan fingerprint density at radius 1 is 1.33 bits per heavy atom. The summed E-state index contributed by atoms with van der Waals surface area (Å²) < 4.78 is 5.31. The molecular formula is C14H22N4O2S. The number of nitrogens with two attached hydrogens (primary N) is 1. The Morgan fingerprint density at radius 2 is 2.05 bits per heavy atom. The van der Waals surface area contributed by atoms with Gasteiger partial charge in [0, 0.05) is 36.6 Å². The third kappa shape index (κ3) is 3.72. The van der Waals surface area contributed by atoms with Gasteiger partial charge in [-0.05, 0) is 25.9 Å². The van der Waals surface area contributed by atoms with Crippen molar-refractivity contribution in [2.24, 2.45) is 5.92 Å². The molecule has 0 spiro atoms. The molecule has 0 aromatic carbocycles. The number of nitrogens with zero attached hydrogens (tertiary/aromatic N) is 3. The lowest BCUT2D eigenvalue weighted by Crippen LogP contribution is -2.46. The normalized spacial score (nSPS) is 21.6. The number of rotatable bonds is 3. The van der Waals surface area contributed by atoms with E-state index in [1.54, 1.807) is 11.3 Å². The molecule has 0 unspecified atom stereocenters. The van der Waals surface area contributed by atoms with Gasteiger partial charge in [-0.25, -0.2) is 4.98 Å². The van der Waals surface area contributed by atoms with Gasteiger partial charge >= 0.3 is 0 Å². The number of carbonyl (C=O) groups excluding carboxylic acids is 1. The summed E-state index contributed by atoms with van der Waals surface area (Å²) in [6.07, 6.45) is 3.75. The second-order valence-corrected chi connectivity index (χ2v) is 6.80. The highest BCUT2D eigenvalue weighted by molar-refractivity contribution is 7.15. The van der Waals surface area contributed by atoms with Gasteiger partial charge in [-0.15, -0.1) is 11.3 Å². The Balaban J connectivity index is 1.47. The fraction of sp³-hybridized carbons (Fsp3) is 0.714. The molecule has 2 N–H and O–H groups in total. The molecule has 0 radical (unpaired) electrons.